The van der Waals surface area contributed by atoms with Gasteiger partial charge < -0.3 is 10.6 Å². The third kappa shape index (κ3) is 5.82. The van der Waals surface area contributed by atoms with E-state index in [0.717, 1.165) is 29.0 Å². The van der Waals surface area contributed by atoms with Gasteiger partial charge in [0.05, 0.1) is 22.5 Å². The van der Waals surface area contributed by atoms with Crippen molar-refractivity contribution < 1.29 is 18.0 Å². The molecule has 1 atom stereocenters. The number of amides is 1. The Morgan fingerprint density at radius 1 is 1.03 bits per heavy atom. The molecule has 4 rings (SSSR count). The van der Waals surface area contributed by atoms with E-state index in [9.17, 15) is 18.0 Å². The summed E-state index contributed by atoms with van der Waals surface area (Å²) in [6, 6.07) is 20.6. The van der Waals surface area contributed by atoms with Crippen molar-refractivity contribution in [3.05, 3.63) is 111 Å². The van der Waals surface area contributed by atoms with Gasteiger partial charge in [-0.15, -0.1) is 0 Å². The second kappa shape index (κ2) is 10.9. The van der Waals surface area contributed by atoms with Crippen LogP contribution in [0.1, 0.15) is 40.4 Å². The normalized spacial score (nSPS) is 16.9. The van der Waals surface area contributed by atoms with Crippen LogP contribution in [-0.4, -0.2) is 29.2 Å². The lowest BCUT2D eigenvalue weighted by molar-refractivity contribution is -0.0925. The van der Waals surface area contributed by atoms with Gasteiger partial charge in [-0.1, -0.05) is 70.0 Å². The van der Waals surface area contributed by atoms with Crippen LogP contribution in [0.25, 0.3) is 0 Å². The minimum Gasteiger partial charge on any atom is -0.395 e. The van der Waals surface area contributed by atoms with Crippen LogP contribution in [0.2, 0.25) is 5.02 Å². The number of hydrogen-bond acceptors (Lipinski definition) is 3. The molecule has 4 nitrogen and oxygen atoms in total. The molecule has 2 N–H and O–H groups in total. The molecule has 186 valence electrons. The Hall–Kier alpha value is -3.10. The Morgan fingerprint density at radius 2 is 1.67 bits per heavy atom. The summed E-state index contributed by atoms with van der Waals surface area (Å²) in [5.74, 6) is -0.144. The Kier molecular flexibility index (Phi) is 7.85. The molecule has 3 aromatic carbocycles. The maximum atomic E-state index is 13.4. The highest BCUT2D eigenvalue weighted by molar-refractivity contribution is 9.10. The molecule has 1 aliphatic rings. The lowest BCUT2D eigenvalue weighted by atomic mass is 10.0. The number of benzene rings is 3. The predicted molar refractivity (Wildman–Crippen MR) is 140 cm³/mol. The van der Waals surface area contributed by atoms with Crippen LogP contribution < -0.4 is 5.73 Å². The SMILES string of the molecule is NC(=CC(=Nc1ccccc1Cl)c1ccc(C(=O)N2CCCC2c2ccccc2Br)cc1)C(F)(F)F. The van der Waals surface area contributed by atoms with Gasteiger partial charge in [0.1, 0.15) is 5.70 Å². The van der Waals surface area contributed by atoms with E-state index in [1.54, 1.807) is 48.5 Å². The van der Waals surface area contributed by atoms with E-state index in [1.165, 1.54) is 0 Å². The molecule has 0 saturated carbocycles. The van der Waals surface area contributed by atoms with E-state index in [1.807, 2.05) is 29.2 Å². The minimum atomic E-state index is -4.71. The molecule has 1 saturated heterocycles. The van der Waals surface area contributed by atoms with Gasteiger partial charge in [-0.2, -0.15) is 13.2 Å². The monoisotopic (exact) mass is 575 g/mol. The zero-order valence-corrected chi connectivity index (χ0v) is 21.3. The van der Waals surface area contributed by atoms with Crippen molar-refractivity contribution in [1.29, 1.82) is 0 Å². The summed E-state index contributed by atoms with van der Waals surface area (Å²) in [4.78, 5) is 19.5. The fraction of sp³-hybridized carbons (Fsp3) is 0.185. The van der Waals surface area contributed by atoms with Crippen molar-refractivity contribution in [2.24, 2.45) is 10.7 Å². The first-order valence-electron chi connectivity index (χ1n) is 11.2. The number of nitrogens with zero attached hydrogens (tertiary/aromatic N) is 2. The molecule has 1 aliphatic heterocycles. The van der Waals surface area contributed by atoms with Crippen LogP contribution in [-0.2, 0) is 0 Å². The van der Waals surface area contributed by atoms with Crippen molar-refractivity contribution in [2.75, 3.05) is 6.54 Å². The number of rotatable bonds is 5. The van der Waals surface area contributed by atoms with Crippen molar-refractivity contribution in [1.82, 2.24) is 4.90 Å². The van der Waals surface area contributed by atoms with E-state index in [0.29, 0.717) is 23.4 Å². The molecule has 1 unspecified atom stereocenters. The molecule has 0 bridgehead atoms. The molecule has 1 heterocycles. The van der Waals surface area contributed by atoms with Gasteiger partial charge in [0.25, 0.3) is 5.91 Å². The van der Waals surface area contributed by atoms with E-state index in [4.69, 9.17) is 17.3 Å². The van der Waals surface area contributed by atoms with Crippen LogP contribution >= 0.6 is 27.5 Å². The van der Waals surface area contributed by atoms with Gasteiger partial charge in [0, 0.05) is 22.1 Å². The number of carbonyl (C=O) groups is 1. The summed E-state index contributed by atoms with van der Waals surface area (Å²) in [5.41, 5.74) is 6.11. The number of likely N-dealkylation sites (tertiary alicyclic amines) is 1. The fourth-order valence-electron chi connectivity index (χ4n) is 4.11. The zero-order valence-electron chi connectivity index (χ0n) is 19.0. The van der Waals surface area contributed by atoms with Crippen LogP contribution in [0.5, 0.6) is 0 Å². The highest BCUT2D eigenvalue weighted by Gasteiger charge is 2.33. The molecule has 9 heteroatoms. The number of hydrogen-bond donors (Lipinski definition) is 1. The van der Waals surface area contributed by atoms with Crippen molar-refractivity contribution in [3.8, 4) is 0 Å². The number of allylic oxidation sites excluding steroid dienone is 2. The quantitative estimate of drug-likeness (QED) is 0.318. The molecule has 0 aliphatic carbocycles. The number of aliphatic imine (C=N–C) groups is 1. The van der Waals surface area contributed by atoms with Crippen LogP contribution in [0.15, 0.2) is 94.0 Å². The number of alkyl halides is 3. The second-order valence-electron chi connectivity index (χ2n) is 8.30. The molecular weight excluding hydrogens is 555 g/mol. The number of para-hydroxylation sites is 1. The van der Waals surface area contributed by atoms with Gasteiger partial charge >= 0.3 is 6.18 Å². The van der Waals surface area contributed by atoms with Crippen LogP contribution in [0.4, 0.5) is 18.9 Å². The van der Waals surface area contributed by atoms with E-state index in [-0.39, 0.29) is 22.7 Å². The summed E-state index contributed by atoms with van der Waals surface area (Å²) >= 11 is 9.74. The van der Waals surface area contributed by atoms with Gasteiger partial charge in [-0.25, -0.2) is 4.99 Å². The van der Waals surface area contributed by atoms with Crippen LogP contribution in [0, 0.1) is 0 Å². The summed E-state index contributed by atoms with van der Waals surface area (Å²) in [5, 5.41) is 0.285. The van der Waals surface area contributed by atoms with Gasteiger partial charge in [0.2, 0.25) is 0 Å². The summed E-state index contributed by atoms with van der Waals surface area (Å²) in [6.45, 7) is 0.622. The van der Waals surface area contributed by atoms with Gasteiger partial charge in [0.15, 0.2) is 0 Å². The Bertz CT molecular complexity index is 1320. The highest BCUT2D eigenvalue weighted by Crippen LogP contribution is 2.37. The number of halogens is 5. The number of carbonyl (C=O) groups excluding carboxylic acids is 1. The Labute approximate surface area is 220 Å². The molecule has 0 radical (unpaired) electrons. The summed E-state index contributed by atoms with van der Waals surface area (Å²) < 4.78 is 40.4. The molecule has 1 fully saturated rings. The fourth-order valence-corrected chi connectivity index (χ4v) is 4.84. The minimum absolute atomic E-state index is 0.0239. The average molecular weight is 577 g/mol. The summed E-state index contributed by atoms with van der Waals surface area (Å²) in [7, 11) is 0. The lowest BCUT2D eigenvalue weighted by Crippen LogP contribution is -2.30. The summed E-state index contributed by atoms with van der Waals surface area (Å²) in [6.07, 6.45) is -2.22. The smallest absolute Gasteiger partial charge is 0.395 e. The highest BCUT2D eigenvalue weighted by atomic mass is 79.9. The van der Waals surface area contributed by atoms with Crippen molar-refractivity contribution in [3.63, 3.8) is 0 Å². The van der Waals surface area contributed by atoms with Gasteiger partial charge in [-0.3, -0.25) is 4.79 Å². The van der Waals surface area contributed by atoms with Gasteiger partial charge in [-0.05, 0) is 54.8 Å². The lowest BCUT2D eigenvalue weighted by Gasteiger charge is -2.26. The van der Waals surface area contributed by atoms with Crippen LogP contribution in [0.3, 0.4) is 0 Å². The van der Waals surface area contributed by atoms with E-state index >= 15 is 0 Å². The molecular formula is C27H22BrClF3N3O. The zero-order chi connectivity index (χ0) is 25.9. The predicted octanol–water partition coefficient (Wildman–Crippen LogP) is 7.61. The molecule has 0 spiro atoms. The topological polar surface area (TPSA) is 58.7 Å². The van der Waals surface area contributed by atoms with E-state index in [2.05, 4.69) is 20.9 Å². The second-order valence-corrected chi connectivity index (χ2v) is 9.56. The molecule has 1 amide bonds. The first-order chi connectivity index (χ1) is 17.1. The Balaban J connectivity index is 1.65. The van der Waals surface area contributed by atoms with Crippen molar-refractivity contribution >= 4 is 44.8 Å². The first kappa shape index (κ1) is 26.0. The first-order valence-corrected chi connectivity index (χ1v) is 12.4. The largest absolute Gasteiger partial charge is 0.430 e. The standard InChI is InChI=1S/C27H22BrClF3N3O/c28-20-7-2-1-6-19(20)24-10-5-15-35(24)26(36)18-13-11-17(12-14-18)23(16-25(33)27(30,31)32)34-22-9-4-3-8-21(22)29/h1-4,6-9,11-14,16,24H,5,10,15,33H2. The third-order valence-electron chi connectivity index (χ3n) is 5.92. The maximum absolute atomic E-state index is 13.4. The molecule has 3 aromatic rings. The average Bonchev–Trinajstić information content (AvgIpc) is 3.34. The van der Waals surface area contributed by atoms with E-state index < -0.39 is 11.9 Å². The Morgan fingerprint density at radius 3 is 2.33 bits per heavy atom. The maximum Gasteiger partial charge on any atom is 0.430 e. The van der Waals surface area contributed by atoms with Crippen molar-refractivity contribution in [2.45, 2.75) is 25.1 Å². The number of nitrogens with two attached hydrogens (primary N) is 1. The third-order valence-corrected chi connectivity index (χ3v) is 6.96. The molecule has 36 heavy (non-hydrogen) atoms. The molecule has 0 aromatic heterocycles.